The zero-order valence-corrected chi connectivity index (χ0v) is 48.4. The number of aliphatic hydroxyl groups is 1. The van der Waals surface area contributed by atoms with Crippen LogP contribution in [-0.4, -0.2) is 157 Å². The second kappa shape index (κ2) is 40.1. The van der Waals surface area contributed by atoms with Crippen molar-refractivity contribution >= 4 is 65.0 Å². The van der Waals surface area contributed by atoms with E-state index in [2.05, 4.69) is 52.8 Å². The van der Waals surface area contributed by atoms with Gasteiger partial charge in [0.1, 0.15) is 54.4 Å². The minimum absolute atomic E-state index is 0.0149. The predicted molar refractivity (Wildman–Crippen MR) is 301 cm³/mol. The van der Waals surface area contributed by atoms with E-state index in [1.165, 1.54) is 6.92 Å². The molecule has 0 aromatic rings. The van der Waals surface area contributed by atoms with Gasteiger partial charge in [-0.3, -0.25) is 52.9 Å². The van der Waals surface area contributed by atoms with E-state index in [0.29, 0.717) is 44.9 Å². The summed E-state index contributed by atoms with van der Waals surface area (Å²) in [6.45, 7) is 15.9. The number of nitrogens with zero attached hydrogens (tertiary/aromatic N) is 1. The zero-order valence-electron chi connectivity index (χ0n) is 48.4. The molecule has 0 aromatic carbocycles. The Hall–Kier alpha value is -6.19. The van der Waals surface area contributed by atoms with Gasteiger partial charge < -0.3 is 87.4 Å². The fourth-order valence-electron chi connectivity index (χ4n) is 8.31. The average Bonchev–Trinajstić information content (AvgIpc) is 3.37. The van der Waals surface area contributed by atoms with E-state index in [1.807, 2.05) is 34.6 Å². The maximum Gasteiger partial charge on any atom is 0.245 e. The van der Waals surface area contributed by atoms with Crippen LogP contribution in [-0.2, 0) is 47.9 Å². The van der Waals surface area contributed by atoms with Crippen molar-refractivity contribution in [3.63, 3.8) is 0 Å². The number of nitrogens with two attached hydrogens (primary N) is 6. The molecule has 0 spiro atoms. The summed E-state index contributed by atoms with van der Waals surface area (Å²) in [5.41, 5.74) is 33.7. The molecular formula is C52H100N16O11. The first-order valence-corrected chi connectivity index (χ1v) is 28.1. The molecule has 22 N–H and O–H groups in total. The smallest absolute Gasteiger partial charge is 0.245 e. The number of rotatable bonds is 42. The average molecular weight is 1130 g/mol. The Balaban J connectivity index is 6.98. The third-order valence-corrected chi connectivity index (χ3v) is 12.9. The summed E-state index contributed by atoms with van der Waals surface area (Å²) in [5, 5.41) is 34.8. The van der Waals surface area contributed by atoms with E-state index in [4.69, 9.17) is 34.4 Å². The Morgan fingerprint density at radius 3 is 1.18 bits per heavy atom. The molecule has 0 aliphatic rings. The highest BCUT2D eigenvalue weighted by molar-refractivity contribution is 5.98. The van der Waals surface area contributed by atoms with Crippen LogP contribution < -0.4 is 82.3 Å². The maximum absolute atomic E-state index is 14.5. The third-order valence-electron chi connectivity index (χ3n) is 12.9. The number of aliphatic hydroxyl groups excluding tert-OH is 1. The summed E-state index contributed by atoms with van der Waals surface area (Å²) in [6.07, 6.45) is 2.57. The van der Waals surface area contributed by atoms with Crippen LogP contribution in [0.3, 0.4) is 0 Å². The van der Waals surface area contributed by atoms with Crippen LogP contribution in [0.25, 0.3) is 0 Å². The summed E-state index contributed by atoms with van der Waals surface area (Å²) >= 11 is 0. The van der Waals surface area contributed by atoms with E-state index in [0.717, 1.165) is 0 Å². The molecular weight excluding hydrogens is 1020 g/mol. The molecule has 79 heavy (non-hydrogen) atoms. The van der Waals surface area contributed by atoms with Gasteiger partial charge in [0, 0.05) is 6.54 Å². The molecule has 0 radical (unpaired) electrons. The number of aliphatic imine (C=N–C) groups is 1. The molecule has 0 unspecified atom stereocenters. The van der Waals surface area contributed by atoms with Crippen LogP contribution in [0.5, 0.6) is 0 Å². The SMILES string of the molecule is CCC[C@H](NC(=O)[C@H](CC(C)C)NC(=O)[C@@H](NC(=O)[C@H](CCCCN)NC(=O)[C@@H](NC(=O)[C@H](CCCN=C(N)N)NC(=O)[C@H](CCCCN)NC(=O)[C@H](CC(C)C)NC(=O)[C@H](CCC)NC(=O)CN)[C@@H](C)CC)[C@@H](C)O)C(N)=O. The van der Waals surface area contributed by atoms with Gasteiger partial charge in [-0.15, -0.1) is 0 Å². The molecule has 27 heteroatoms. The van der Waals surface area contributed by atoms with E-state index in [9.17, 15) is 53.1 Å². The second-order valence-electron chi connectivity index (χ2n) is 21.0. The van der Waals surface area contributed by atoms with Gasteiger partial charge in [0.15, 0.2) is 5.96 Å². The largest absolute Gasteiger partial charge is 0.391 e. The lowest BCUT2D eigenvalue weighted by Gasteiger charge is -2.30. The van der Waals surface area contributed by atoms with Gasteiger partial charge in [-0.2, -0.15) is 0 Å². The van der Waals surface area contributed by atoms with Crippen molar-refractivity contribution in [3.05, 3.63) is 0 Å². The van der Waals surface area contributed by atoms with Gasteiger partial charge in [0.25, 0.3) is 0 Å². The molecule has 0 heterocycles. The molecule has 27 nitrogen and oxygen atoms in total. The first-order valence-electron chi connectivity index (χ1n) is 28.1. The monoisotopic (exact) mass is 1120 g/mol. The van der Waals surface area contributed by atoms with E-state index in [-0.39, 0.29) is 95.3 Å². The van der Waals surface area contributed by atoms with E-state index < -0.39 is 125 Å². The summed E-state index contributed by atoms with van der Waals surface area (Å²) in [5.74, 6) is -8.46. The molecule has 0 aliphatic carbocycles. The third kappa shape index (κ3) is 29.6. The number of amides is 10. The fraction of sp³-hybridized carbons (Fsp3) is 0.788. The highest BCUT2D eigenvalue weighted by atomic mass is 16.3. The first kappa shape index (κ1) is 72.8. The summed E-state index contributed by atoms with van der Waals surface area (Å²) < 4.78 is 0. The van der Waals surface area contributed by atoms with Crippen molar-refractivity contribution in [2.24, 2.45) is 57.1 Å². The lowest BCUT2D eigenvalue weighted by molar-refractivity contribution is -0.137. The number of guanidine groups is 1. The first-order chi connectivity index (χ1) is 37.2. The molecule has 10 amide bonds. The molecule has 0 bridgehead atoms. The van der Waals surface area contributed by atoms with Crippen LogP contribution in [0.15, 0.2) is 4.99 Å². The second-order valence-corrected chi connectivity index (χ2v) is 21.0. The van der Waals surface area contributed by atoms with Crippen molar-refractivity contribution in [2.75, 3.05) is 26.2 Å². The van der Waals surface area contributed by atoms with Gasteiger partial charge in [-0.05, 0) is 115 Å². The number of carbonyl (C=O) groups is 10. The number of primary amides is 1. The van der Waals surface area contributed by atoms with Gasteiger partial charge in [-0.25, -0.2) is 0 Å². The molecule has 0 saturated carbocycles. The number of unbranched alkanes of at least 4 members (excludes halogenated alkanes) is 2. The molecule has 0 saturated heterocycles. The topological polar surface area (TPSA) is 468 Å². The Morgan fingerprint density at radius 1 is 0.430 bits per heavy atom. The van der Waals surface area contributed by atoms with Crippen LogP contribution in [0.1, 0.15) is 159 Å². The minimum atomic E-state index is -1.63. The quantitative estimate of drug-likeness (QED) is 0.0167. The molecule has 454 valence electrons. The number of hydrogen-bond donors (Lipinski definition) is 16. The van der Waals surface area contributed by atoms with Crippen molar-refractivity contribution in [3.8, 4) is 0 Å². The Morgan fingerprint density at radius 2 is 0.785 bits per heavy atom. The van der Waals surface area contributed by atoms with Gasteiger partial charge in [-0.1, -0.05) is 74.7 Å². The highest BCUT2D eigenvalue weighted by Gasteiger charge is 2.37. The number of hydrogen-bond acceptors (Lipinski definition) is 15. The Bertz CT molecular complexity index is 1950. The molecule has 0 aliphatic heterocycles. The maximum atomic E-state index is 14.5. The highest BCUT2D eigenvalue weighted by Crippen LogP contribution is 2.15. The van der Waals surface area contributed by atoms with Crippen molar-refractivity contribution < 1.29 is 53.1 Å². The molecule has 11 atom stereocenters. The van der Waals surface area contributed by atoms with Crippen molar-refractivity contribution in [1.29, 1.82) is 0 Å². The summed E-state index contributed by atoms with van der Waals surface area (Å²) in [4.78, 5) is 140. The zero-order chi connectivity index (χ0) is 60.4. The lowest BCUT2D eigenvalue weighted by atomic mass is 9.96. The molecule has 0 fully saturated rings. The predicted octanol–water partition coefficient (Wildman–Crippen LogP) is -2.78. The van der Waals surface area contributed by atoms with Crippen LogP contribution in [0, 0.1) is 17.8 Å². The Labute approximate surface area is 467 Å². The van der Waals surface area contributed by atoms with Crippen molar-refractivity contribution in [1.82, 2.24) is 47.9 Å². The van der Waals surface area contributed by atoms with Crippen LogP contribution in [0.2, 0.25) is 0 Å². The minimum Gasteiger partial charge on any atom is -0.391 e. The summed E-state index contributed by atoms with van der Waals surface area (Å²) in [6, 6.07) is -11.1. The standard InChI is InChI=1S/C52H100N16O11/c1-10-18-33(43(56)71)61-48(76)39(27-30(6)7)66-51(79)42(32(9)69)68-47(75)36(21-14-16-24-54)64-50(78)41(31(8)12-3)67-46(74)37(22-17-25-59-52(57)58)62-45(73)35(20-13-15-23-53)63-49(77)38(26-29(4)5)65-44(72)34(19-11-2)60-40(70)28-55/h29-39,41-42,69H,10-28,53-55H2,1-9H3,(H2,56,71)(H,60,70)(H,61,76)(H,62,73)(H,63,77)(H,64,78)(H,65,72)(H,66,79)(H,67,74)(H,68,75)(H4,57,58,59)/t31-,32+,33-,34-,35-,36-,37-,38-,39-,41-,42-/m0/s1. The van der Waals surface area contributed by atoms with Gasteiger partial charge in [0.2, 0.25) is 59.1 Å². The lowest BCUT2D eigenvalue weighted by Crippen LogP contribution is -2.62. The molecule has 0 aromatic heterocycles. The van der Waals surface area contributed by atoms with E-state index >= 15 is 0 Å². The summed E-state index contributed by atoms with van der Waals surface area (Å²) in [7, 11) is 0. The van der Waals surface area contributed by atoms with Crippen LogP contribution >= 0.6 is 0 Å². The normalized spacial score (nSPS) is 15.4. The number of carbonyl (C=O) groups excluding carboxylic acids is 10. The van der Waals surface area contributed by atoms with E-state index in [1.54, 1.807) is 20.8 Å². The number of nitrogens with one attached hydrogen (secondary N) is 9. The van der Waals surface area contributed by atoms with Crippen LogP contribution in [0.4, 0.5) is 0 Å². The molecule has 0 rings (SSSR count). The Kier molecular flexibility index (Phi) is 36.9. The fourth-order valence-corrected chi connectivity index (χ4v) is 8.31. The van der Waals surface area contributed by atoms with Gasteiger partial charge in [0.05, 0.1) is 12.6 Å². The van der Waals surface area contributed by atoms with Gasteiger partial charge >= 0.3 is 0 Å². The van der Waals surface area contributed by atoms with Crippen molar-refractivity contribution in [2.45, 2.75) is 219 Å².